The first-order valence-corrected chi connectivity index (χ1v) is 6.38. The lowest BCUT2D eigenvalue weighted by atomic mass is 10.2. The number of nitrogens with one attached hydrogen (secondary N) is 1. The molecule has 0 aliphatic rings. The van der Waals surface area contributed by atoms with Crippen LogP contribution in [0.4, 0.5) is 20.2 Å². The third-order valence-electron chi connectivity index (χ3n) is 2.60. The van der Waals surface area contributed by atoms with Gasteiger partial charge in [0, 0.05) is 12.1 Å². The van der Waals surface area contributed by atoms with Crippen LogP contribution in [0, 0.1) is 21.7 Å². The van der Waals surface area contributed by atoms with Gasteiger partial charge in [-0.2, -0.15) is 0 Å². The van der Waals surface area contributed by atoms with E-state index in [1.54, 1.807) is 0 Å². The van der Waals surface area contributed by atoms with E-state index in [0.29, 0.717) is 0 Å². The largest absolute Gasteiger partial charge is 0.319 e. The highest BCUT2D eigenvalue weighted by atomic mass is 79.9. The van der Waals surface area contributed by atoms with Crippen molar-refractivity contribution in [2.45, 2.75) is 0 Å². The summed E-state index contributed by atoms with van der Waals surface area (Å²) in [4.78, 5) is 22.1. The fourth-order valence-corrected chi connectivity index (χ4v) is 2.21. The van der Waals surface area contributed by atoms with E-state index >= 15 is 0 Å². The summed E-state index contributed by atoms with van der Waals surface area (Å²) >= 11 is 2.96. The molecule has 5 nitrogen and oxygen atoms in total. The van der Waals surface area contributed by atoms with E-state index in [9.17, 15) is 23.7 Å². The number of nitro groups is 1. The van der Waals surface area contributed by atoms with Crippen LogP contribution < -0.4 is 5.32 Å². The Bertz CT molecular complexity index is 737. The standard InChI is InChI=1S/C13H7BrF2N2O3/c14-12-8(2-1-3-11(12)18(20)21)13(19)17-10-6-7(15)4-5-9(10)16/h1-6H,(H,17,19). The number of rotatable bonds is 3. The molecule has 2 aromatic carbocycles. The molecule has 0 heterocycles. The maximum Gasteiger partial charge on any atom is 0.284 e. The lowest BCUT2D eigenvalue weighted by molar-refractivity contribution is -0.385. The summed E-state index contributed by atoms with van der Waals surface area (Å²) in [6.45, 7) is 0. The van der Waals surface area contributed by atoms with Gasteiger partial charge in [0.2, 0.25) is 0 Å². The first-order valence-electron chi connectivity index (χ1n) is 5.59. The summed E-state index contributed by atoms with van der Waals surface area (Å²) in [5, 5.41) is 13.0. The van der Waals surface area contributed by atoms with Gasteiger partial charge in [-0.3, -0.25) is 14.9 Å². The number of amides is 1. The van der Waals surface area contributed by atoms with Crippen LogP contribution in [0.5, 0.6) is 0 Å². The summed E-state index contributed by atoms with van der Waals surface area (Å²) < 4.78 is 26.4. The highest BCUT2D eigenvalue weighted by Crippen LogP contribution is 2.29. The topological polar surface area (TPSA) is 72.2 Å². The molecule has 0 aliphatic carbocycles. The van der Waals surface area contributed by atoms with E-state index in [4.69, 9.17) is 0 Å². The minimum atomic E-state index is -0.814. The van der Waals surface area contributed by atoms with Gasteiger partial charge in [-0.15, -0.1) is 0 Å². The van der Waals surface area contributed by atoms with Gasteiger partial charge in [-0.1, -0.05) is 6.07 Å². The van der Waals surface area contributed by atoms with Crippen LogP contribution in [0.3, 0.4) is 0 Å². The number of benzene rings is 2. The van der Waals surface area contributed by atoms with Crippen LogP contribution in [0.2, 0.25) is 0 Å². The van der Waals surface area contributed by atoms with Crippen LogP contribution in [-0.4, -0.2) is 10.8 Å². The van der Waals surface area contributed by atoms with E-state index < -0.39 is 22.5 Å². The molecule has 0 fully saturated rings. The molecule has 8 heteroatoms. The van der Waals surface area contributed by atoms with E-state index in [1.807, 2.05) is 0 Å². The molecule has 1 amide bonds. The number of nitro benzene ring substituents is 1. The van der Waals surface area contributed by atoms with Crippen LogP contribution in [0.25, 0.3) is 0 Å². The average molecular weight is 357 g/mol. The summed E-state index contributed by atoms with van der Waals surface area (Å²) in [5.74, 6) is -2.33. The second-order valence-electron chi connectivity index (χ2n) is 3.97. The SMILES string of the molecule is O=C(Nc1cc(F)ccc1F)c1cccc([N+](=O)[O-])c1Br. The lowest BCUT2D eigenvalue weighted by Crippen LogP contribution is -2.14. The van der Waals surface area contributed by atoms with Crippen molar-refractivity contribution in [1.82, 2.24) is 0 Å². The van der Waals surface area contributed by atoms with Gasteiger partial charge >= 0.3 is 0 Å². The normalized spacial score (nSPS) is 10.2. The molecule has 1 N–H and O–H groups in total. The lowest BCUT2D eigenvalue weighted by Gasteiger charge is -2.08. The fourth-order valence-electron chi connectivity index (χ4n) is 1.62. The number of carbonyl (C=O) groups is 1. The van der Waals surface area contributed by atoms with E-state index in [1.165, 1.54) is 18.2 Å². The maximum absolute atomic E-state index is 13.5. The molecule has 2 aromatic rings. The minimum absolute atomic E-state index is 0.0377. The van der Waals surface area contributed by atoms with Crippen molar-refractivity contribution in [2.24, 2.45) is 0 Å². The van der Waals surface area contributed by atoms with Crippen molar-refractivity contribution in [3.05, 3.63) is 68.2 Å². The second-order valence-corrected chi connectivity index (χ2v) is 4.77. The molecule has 108 valence electrons. The molecule has 0 unspecified atom stereocenters. The zero-order valence-electron chi connectivity index (χ0n) is 10.3. The summed E-state index contributed by atoms with van der Waals surface area (Å²) in [7, 11) is 0. The van der Waals surface area contributed by atoms with Gasteiger partial charge in [-0.05, 0) is 34.1 Å². The van der Waals surface area contributed by atoms with Crippen LogP contribution in [-0.2, 0) is 0 Å². The smallest absolute Gasteiger partial charge is 0.284 e. The van der Waals surface area contributed by atoms with Gasteiger partial charge < -0.3 is 5.32 Å². The Kier molecular flexibility index (Phi) is 4.27. The number of hydrogen-bond donors (Lipinski definition) is 1. The number of anilines is 1. The summed E-state index contributed by atoms with van der Waals surface area (Å²) in [6.07, 6.45) is 0. The highest BCUT2D eigenvalue weighted by Gasteiger charge is 2.20. The van der Waals surface area contributed by atoms with Gasteiger partial charge in [-0.25, -0.2) is 8.78 Å². The third kappa shape index (κ3) is 3.22. The molecule has 0 bridgehead atoms. The molecule has 0 atom stereocenters. The van der Waals surface area contributed by atoms with Crippen molar-refractivity contribution in [3.8, 4) is 0 Å². The van der Waals surface area contributed by atoms with Crippen LogP contribution in [0.1, 0.15) is 10.4 Å². The van der Waals surface area contributed by atoms with Crippen LogP contribution >= 0.6 is 15.9 Å². The Labute approximate surface area is 125 Å². The molecule has 0 spiro atoms. The number of carbonyl (C=O) groups excluding carboxylic acids is 1. The zero-order valence-corrected chi connectivity index (χ0v) is 11.9. The third-order valence-corrected chi connectivity index (χ3v) is 3.43. The van der Waals surface area contributed by atoms with E-state index in [-0.39, 0.29) is 21.4 Å². The predicted molar refractivity (Wildman–Crippen MR) is 75.1 cm³/mol. The Balaban J connectivity index is 2.35. The summed E-state index contributed by atoms with van der Waals surface area (Å²) in [5.41, 5.74) is -0.714. The number of nitrogens with zero attached hydrogens (tertiary/aromatic N) is 1. The van der Waals surface area contributed by atoms with Crippen molar-refractivity contribution in [1.29, 1.82) is 0 Å². The minimum Gasteiger partial charge on any atom is -0.319 e. The predicted octanol–water partition coefficient (Wildman–Crippen LogP) is 3.89. The van der Waals surface area contributed by atoms with E-state index in [0.717, 1.165) is 18.2 Å². The Morgan fingerprint density at radius 1 is 1.24 bits per heavy atom. The summed E-state index contributed by atoms with van der Waals surface area (Å²) in [6, 6.07) is 6.45. The first kappa shape index (κ1) is 15.0. The highest BCUT2D eigenvalue weighted by molar-refractivity contribution is 9.10. The van der Waals surface area contributed by atoms with Crippen molar-refractivity contribution in [3.63, 3.8) is 0 Å². The molecule has 21 heavy (non-hydrogen) atoms. The maximum atomic E-state index is 13.5. The molecular formula is C13H7BrF2N2O3. The van der Waals surface area contributed by atoms with Crippen LogP contribution in [0.15, 0.2) is 40.9 Å². The molecule has 0 aromatic heterocycles. The Hall–Kier alpha value is -2.35. The fraction of sp³-hybridized carbons (Fsp3) is 0. The quantitative estimate of drug-likeness (QED) is 0.669. The Morgan fingerprint density at radius 3 is 2.62 bits per heavy atom. The first-order chi connectivity index (χ1) is 9.90. The molecule has 0 radical (unpaired) electrons. The molecular weight excluding hydrogens is 350 g/mol. The van der Waals surface area contributed by atoms with Gasteiger partial charge in [0.1, 0.15) is 16.1 Å². The van der Waals surface area contributed by atoms with Crippen molar-refractivity contribution >= 4 is 33.2 Å². The van der Waals surface area contributed by atoms with Crippen molar-refractivity contribution in [2.75, 3.05) is 5.32 Å². The zero-order chi connectivity index (χ0) is 15.6. The number of hydrogen-bond acceptors (Lipinski definition) is 3. The average Bonchev–Trinajstić information content (AvgIpc) is 2.42. The van der Waals surface area contributed by atoms with Gasteiger partial charge in [0.05, 0.1) is 16.2 Å². The second kappa shape index (κ2) is 5.96. The molecule has 0 aliphatic heterocycles. The monoisotopic (exact) mass is 356 g/mol. The Morgan fingerprint density at radius 2 is 1.95 bits per heavy atom. The van der Waals surface area contributed by atoms with E-state index in [2.05, 4.69) is 21.2 Å². The van der Waals surface area contributed by atoms with Gasteiger partial charge in [0.15, 0.2) is 0 Å². The van der Waals surface area contributed by atoms with Crippen molar-refractivity contribution < 1.29 is 18.5 Å². The molecule has 2 rings (SSSR count). The molecule has 0 saturated carbocycles. The number of halogens is 3. The van der Waals surface area contributed by atoms with Gasteiger partial charge in [0.25, 0.3) is 11.6 Å². The molecule has 0 saturated heterocycles.